The molecule has 0 spiro atoms. The van der Waals surface area contributed by atoms with E-state index in [0.717, 1.165) is 19.4 Å². The number of nitrogens with zero attached hydrogens (tertiary/aromatic N) is 2. The van der Waals surface area contributed by atoms with Crippen molar-refractivity contribution in [2.24, 2.45) is 5.84 Å². The number of piperidine rings is 1. The number of nitrogens with two attached hydrogens (primary N) is 1. The van der Waals surface area contributed by atoms with Crippen molar-refractivity contribution >= 4 is 11.7 Å². The number of anilines is 1. The fourth-order valence-electron chi connectivity index (χ4n) is 2.32. The van der Waals surface area contributed by atoms with Gasteiger partial charge in [0.2, 0.25) is 0 Å². The first-order valence-electron chi connectivity index (χ1n) is 6.58. The van der Waals surface area contributed by atoms with Gasteiger partial charge in [-0.05, 0) is 31.9 Å². The van der Waals surface area contributed by atoms with Crippen molar-refractivity contribution in [1.82, 2.24) is 9.88 Å². The highest BCUT2D eigenvalue weighted by Gasteiger charge is 2.24. The Bertz CT molecular complexity index is 436. The number of hydrogen-bond acceptors (Lipinski definition) is 5. The molecule has 1 aliphatic rings. The molecule has 1 saturated heterocycles. The second-order valence-corrected chi connectivity index (χ2v) is 4.54. The van der Waals surface area contributed by atoms with Gasteiger partial charge < -0.3 is 15.1 Å². The lowest BCUT2D eigenvalue weighted by Crippen LogP contribution is -2.43. The van der Waals surface area contributed by atoms with Gasteiger partial charge in [-0.25, -0.2) is 10.8 Å². The second-order valence-electron chi connectivity index (χ2n) is 4.54. The van der Waals surface area contributed by atoms with Crippen LogP contribution in [0.2, 0.25) is 0 Å². The molecule has 0 aliphatic carbocycles. The van der Waals surface area contributed by atoms with Crippen LogP contribution in [0.25, 0.3) is 0 Å². The summed E-state index contributed by atoms with van der Waals surface area (Å²) in [5, 5.41) is 0. The number of hydrazine groups is 1. The maximum absolute atomic E-state index is 12.4. The van der Waals surface area contributed by atoms with Crippen molar-refractivity contribution in [3.05, 3.63) is 23.9 Å². The van der Waals surface area contributed by atoms with E-state index in [-0.39, 0.29) is 12.0 Å². The monoisotopic (exact) mass is 264 g/mol. The van der Waals surface area contributed by atoms with E-state index in [9.17, 15) is 4.79 Å². The summed E-state index contributed by atoms with van der Waals surface area (Å²) in [6, 6.07) is 3.36. The Morgan fingerprint density at radius 2 is 2.53 bits per heavy atom. The van der Waals surface area contributed by atoms with Gasteiger partial charge in [-0.15, -0.1) is 0 Å². The largest absolute Gasteiger partial charge is 0.377 e. The molecule has 1 fully saturated rings. The zero-order chi connectivity index (χ0) is 13.7. The molecule has 6 nitrogen and oxygen atoms in total. The molecule has 1 atom stereocenters. The second kappa shape index (κ2) is 6.49. The molecule has 1 aromatic rings. The maximum atomic E-state index is 12.4. The van der Waals surface area contributed by atoms with Crippen LogP contribution in [0.3, 0.4) is 0 Å². The molecule has 2 rings (SSSR count). The summed E-state index contributed by atoms with van der Waals surface area (Å²) in [4.78, 5) is 18.2. The third kappa shape index (κ3) is 3.42. The number of aromatic nitrogens is 1. The molecule has 1 aliphatic heterocycles. The molecular formula is C13H20N4O2. The highest BCUT2D eigenvalue weighted by atomic mass is 16.5. The molecule has 0 radical (unpaired) electrons. The molecule has 3 N–H and O–H groups in total. The van der Waals surface area contributed by atoms with E-state index >= 15 is 0 Å². The van der Waals surface area contributed by atoms with Crippen LogP contribution in [0, 0.1) is 0 Å². The van der Waals surface area contributed by atoms with Crippen LogP contribution < -0.4 is 11.3 Å². The molecule has 104 valence electrons. The summed E-state index contributed by atoms with van der Waals surface area (Å²) in [5.41, 5.74) is 3.05. The van der Waals surface area contributed by atoms with Gasteiger partial charge in [-0.2, -0.15) is 0 Å². The fourth-order valence-corrected chi connectivity index (χ4v) is 2.32. The first kappa shape index (κ1) is 13.8. The van der Waals surface area contributed by atoms with Gasteiger partial charge in [0.25, 0.3) is 5.91 Å². The number of nitrogen functional groups attached to an aromatic ring is 1. The molecule has 1 aromatic heterocycles. The number of ether oxygens (including phenoxy) is 1. The Morgan fingerprint density at radius 1 is 1.68 bits per heavy atom. The van der Waals surface area contributed by atoms with Crippen LogP contribution in [0.1, 0.15) is 30.1 Å². The first-order valence-corrected chi connectivity index (χ1v) is 6.58. The molecule has 0 aromatic carbocycles. The molecular weight excluding hydrogens is 244 g/mol. The Labute approximate surface area is 112 Å². The third-order valence-electron chi connectivity index (χ3n) is 3.22. The number of nitrogens with one attached hydrogen (secondary N) is 1. The van der Waals surface area contributed by atoms with Crippen LogP contribution >= 0.6 is 0 Å². The number of hydrogen-bond donors (Lipinski definition) is 2. The lowest BCUT2D eigenvalue weighted by atomic mass is 10.1. The van der Waals surface area contributed by atoms with Crippen LogP contribution in [-0.2, 0) is 4.74 Å². The number of amides is 1. The average Bonchev–Trinajstić information content (AvgIpc) is 2.47. The minimum absolute atomic E-state index is 0.00306. The van der Waals surface area contributed by atoms with Gasteiger partial charge in [0.05, 0.1) is 6.10 Å². The number of likely N-dealkylation sites (tertiary alicyclic amines) is 1. The van der Waals surface area contributed by atoms with E-state index in [0.29, 0.717) is 24.5 Å². The van der Waals surface area contributed by atoms with E-state index in [4.69, 9.17) is 10.6 Å². The van der Waals surface area contributed by atoms with E-state index in [2.05, 4.69) is 10.4 Å². The average molecular weight is 264 g/mol. The zero-order valence-corrected chi connectivity index (χ0v) is 11.1. The summed E-state index contributed by atoms with van der Waals surface area (Å²) in [6.07, 6.45) is 3.72. The van der Waals surface area contributed by atoms with Crippen LogP contribution in [0.15, 0.2) is 18.3 Å². The van der Waals surface area contributed by atoms with Crippen molar-refractivity contribution < 1.29 is 9.53 Å². The van der Waals surface area contributed by atoms with Crippen molar-refractivity contribution in [1.29, 1.82) is 0 Å². The standard InChI is InChI=1S/C13H20N4O2/c1-2-19-11-4-3-7-17(9-11)13(18)10-5-6-15-12(8-10)16-14/h5-6,8,11H,2-4,7,9,14H2,1H3,(H,15,16). The molecule has 6 heteroatoms. The van der Waals surface area contributed by atoms with Gasteiger partial charge in [0, 0.05) is 31.5 Å². The Hall–Kier alpha value is -1.66. The summed E-state index contributed by atoms with van der Waals surface area (Å²) < 4.78 is 5.61. The zero-order valence-electron chi connectivity index (χ0n) is 11.1. The first-order chi connectivity index (χ1) is 9.24. The molecule has 0 saturated carbocycles. The predicted octanol–water partition coefficient (Wildman–Crippen LogP) is 1.01. The minimum Gasteiger partial charge on any atom is -0.377 e. The van der Waals surface area contributed by atoms with Gasteiger partial charge in [0.15, 0.2) is 0 Å². The van der Waals surface area contributed by atoms with Crippen LogP contribution in [0.4, 0.5) is 5.82 Å². The van der Waals surface area contributed by atoms with Crippen molar-refractivity contribution in [3.63, 3.8) is 0 Å². The van der Waals surface area contributed by atoms with Crippen molar-refractivity contribution in [2.75, 3.05) is 25.1 Å². The van der Waals surface area contributed by atoms with Gasteiger partial charge in [-0.1, -0.05) is 0 Å². The molecule has 1 unspecified atom stereocenters. The highest BCUT2D eigenvalue weighted by Crippen LogP contribution is 2.17. The lowest BCUT2D eigenvalue weighted by molar-refractivity contribution is 0.00724. The third-order valence-corrected chi connectivity index (χ3v) is 3.22. The van der Waals surface area contributed by atoms with Crippen LogP contribution in [0.5, 0.6) is 0 Å². The van der Waals surface area contributed by atoms with Gasteiger partial charge >= 0.3 is 0 Å². The summed E-state index contributed by atoms with van der Waals surface area (Å²) in [5.74, 6) is 5.79. The number of carbonyl (C=O) groups excluding carboxylic acids is 1. The quantitative estimate of drug-likeness (QED) is 0.626. The SMILES string of the molecule is CCOC1CCCN(C(=O)c2ccnc(NN)c2)C1. The Kier molecular flexibility index (Phi) is 4.70. The van der Waals surface area contributed by atoms with Crippen molar-refractivity contribution in [2.45, 2.75) is 25.9 Å². The molecule has 2 heterocycles. The summed E-state index contributed by atoms with van der Waals surface area (Å²) in [6.45, 7) is 4.09. The Balaban J connectivity index is 2.05. The summed E-state index contributed by atoms with van der Waals surface area (Å²) >= 11 is 0. The van der Waals surface area contributed by atoms with Gasteiger partial charge in [0.1, 0.15) is 5.82 Å². The topological polar surface area (TPSA) is 80.5 Å². The maximum Gasteiger partial charge on any atom is 0.254 e. The number of pyridine rings is 1. The molecule has 1 amide bonds. The fraction of sp³-hybridized carbons (Fsp3) is 0.538. The van der Waals surface area contributed by atoms with E-state index in [1.54, 1.807) is 18.3 Å². The number of rotatable bonds is 4. The molecule has 0 bridgehead atoms. The number of carbonyl (C=O) groups is 1. The summed E-state index contributed by atoms with van der Waals surface area (Å²) in [7, 11) is 0. The smallest absolute Gasteiger partial charge is 0.254 e. The lowest BCUT2D eigenvalue weighted by Gasteiger charge is -2.32. The Morgan fingerprint density at radius 3 is 3.26 bits per heavy atom. The van der Waals surface area contributed by atoms with E-state index in [1.165, 1.54) is 0 Å². The minimum atomic E-state index is 0.00306. The van der Waals surface area contributed by atoms with Crippen molar-refractivity contribution in [3.8, 4) is 0 Å². The van der Waals surface area contributed by atoms with E-state index in [1.807, 2.05) is 11.8 Å². The van der Waals surface area contributed by atoms with E-state index < -0.39 is 0 Å². The normalized spacial score (nSPS) is 19.3. The highest BCUT2D eigenvalue weighted by molar-refractivity contribution is 5.94. The van der Waals surface area contributed by atoms with Gasteiger partial charge in [-0.3, -0.25) is 4.79 Å². The predicted molar refractivity (Wildman–Crippen MR) is 72.6 cm³/mol. The van der Waals surface area contributed by atoms with Crippen LogP contribution in [-0.4, -0.2) is 41.6 Å². The molecule has 19 heavy (non-hydrogen) atoms.